The van der Waals surface area contributed by atoms with Crippen molar-refractivity contribution in [3.8, 4) is 0 Å². The van der Waals surface area contributed by atoms with Gasteiger partial charge in [0.05, 0.1) is 13.5 Å². The van der Waals surface area contributed by atoms with Crippen LogP contribution in [0.25, 0.3) is 0 Å². The average molecular weight is 339 g/mol. The van der Waals surface area contributed by atoms with E-state index >= 15 is 0 Å². The fraction of sp³-hybridized carbons (Fsp3) is 0.529. The Kier molecular flexibility index (Phi) is 6.86. The highest BCUT2D eigenvalue weighted by molar-refractivity contribution is 6.30. The highest BCUT2D eigenvalue weighted by atomic mass is 35.5. The second-order valence-electron chi connectivity index (χ2n) is 5.84. The van der Waals surface area contributed by atoms with Crippen LogP contribution in [0.15, 0.2) is 24.3 Å². The molecule has 23 heavy (non-hydrogen) atoms. The fourth-order valence-electron chi connectivity index (χ4n) is 2.78. The predicted molar refractivity (Wildman–Crippen MR) is 89.1 cm³/mol. The van der Waals surface area contributed by atoms with E-state index in [1.807, 2.05) is 24.3 Å². The molecule has 2 rings (SSSR count). The molecule has 1 aromatic rings. The van der Waals surface area contributed by atoms with Gasteiger partial charge in [0.25, 0.3) is 0 Å². The van der Waals surface area contributed by atoms with E-state index in [9.17, 15) is 9.59 Å². The highest BCUT2D eigenvalue weighted by Gasteiger charge is 2.21. The number of hydrogen-bond acceptors (Lipinski definition) is 4. The van der Waals surface area contributed by atoms with E-state index in [2.05, 4.69) is 15.0 Å². The topological polar surface area (TPSA) is 58.6 Å². The summed E-state index contributed by atoms with van der Waals surface area (Å²) in [6, 6.07) is 7.99. The summed E-state index contributed by atoms with van der Waals surface area (Å²) < 4.78 is 4.55. The van der Waals surface area contributed by atoms with Crippen molar-refractivity contribution in [3.63, 3.8) is 0 Å². The van der Waals surface area contributed by atoms with Gasteiger partial charge in [-0.25, -0.2) is 0 Å². The van der Waals surface area contributed by atoms with E-state index in [0.29, 0.717) is 0 Å². The molecule has 0 aliphatic carbocycles. The number of benzene rings is 1. The average Bonchev–Trinajstić information content (AvgIpc) is 2.55. The van der Waals surface area contributed by atoms with Crippen LogP contribution in [-0.2, 0) is 20.9 Å². The largest absolute Gasteiger partial charge is 0.469 e. The van der Waals surface area contributed by atoms with Crippen LogP contribution in [0.1, 0.15) is 31.2 Å². The molecule has 5 nitrogen and oxygen atoms in total. The Morgan fingerprint density at radius 1 is 1.30 bits per heavy atom. The molecule has 1 aromatic carbocycles. The van der Waals surface area contributed by atoms with Gasteiger partial charge >= 0.3 is 5.97 Å². The van der Waals surface area contributed by atoms with Gasteiger partial charge in [0, 0.05) is 30.6 Å². The third-order valence-electron chi connectivity index (χ3n) is 3.97. The molecule has 1 aliphatic rings. The summed E-state index contributed by atoms with van der Waals surface area (Å²) in [6.07, 6.45) is 2.33. The standard InChI is InChI=1S/C17H23ClN2O3/c1-23-17(22)9-8-16(21)19-15-3-2-10-20(12-15)11-13-4-6-14(18)7-5-13/h4-7,15H,2-3,8-12H2,1H3,(H,19,21). The molecule has 0 saturated carbocycles. The maximum atomic E-state index is 11.9. The van der Waals surface area contributed by atoms with Crippen molar-refractivity contribution in [1.29, 1.82) is 0 Å². The first-order valence-corrected chi connectivity index (χ1v) is 8.27. The van der Waals surface area contributed by atoms with E-state index in [0.717, 1.165) is 37.5 Å². The number of piperidine rings is 1. The minimum atomic E-state index is -0.354. The van der Waals surface area contributed by atoms with Crippen LogP contribution in [0.2, 0.25) is 5.02 Å². The molecule has 6 heteroatoms. The zero-order valence-electron chi connectivity index (χ0n) is 13.4. The van der Waals surface area contributed by atoms with Crippen LogP contribution in [0.5, 0.6) is 0 Å². The Hall–Kier alpha value is -1.59. The molecule has 1 N–H and O–H groups in total. The molecule has 1 atom stereocenters. The van der Waals surface area contributed by atoms with Gasteiger partial charge in [-0.1, -0.05) is 23.7 Å². The van der Waals surface area contributed by atoms with Gasteiger partial charge in [0.1, 0.15) is 0 Å². The maximum absolute atomic E-state index is 11.9. The second kappa shape index (κ2) is 8.89. The Bertz CT molecular complexity index is 533. The molecule has 126 valence electrons. The van der Waals surface area contributed by atoms with Crippen molar-refractivity contribution >= 4 is 23.5 Å². The number of rotatable bonds is 6. The molecule has 0 spiro atoms. The first-order valence-electron chi connectivity index (χ1n) is 7.90. The summed E-state index contributed by atoms with van der Waals surface area (Å²) in [5, 5.41) is 3.75. The number of hydrogen-bond donors (Lipinski definition) is 1. The molecular formula is C17H23ClN2O3. The van der Waals surface area contributed by atoms with Crippen molar-refractivity contribution < 1.29 is 14.3 Å². The molecule has 1 fully saturated rings. The smallest absolute Gasteiger partial charge is 0.306 e. The van der Waals surface area contributed by atoms with Crippen LogP contribution in [-0.4, -0.2) is 43.0 Å². The lowest BCUT2D eigenvalue weighted by Gasteiger charge is -2.33. The molecule has 1 heterocycles. The molecular weight excluding hydrogens is 316 g/mol. The van der Waals surface area contributed by atoms with Gasteiger partial charge < -0.3 is 10.1 Å². The quantitative estimate of drug-likeness (QED) is 0.809. The predicted octanol–water partition coefficient (Wildman–Crippen LogP) is 2.37. The monoisotopic (exact) mass is 338 g/mol. The lowest BCUT2D eigenvalue weighted by atomic mass is 10.0. The van der Waals surface area contributed by atoms with E-state index in [4.69, 9.17) is 11.6 Å². The van der Waals surface area contributed by atoms with Crippen LogP contribution in [0.3, 0.4) is 0 Å². The molecule has 1 saturated heterocycles. The Morgan fingerprint density at radius 3 is 2.74 bits per heavy atom. The van der Waals surface area contributed by atoms with Gasteiger partial charge in [-0.2, -0.15) is 0 Å². The summed E-state index contributed by atoms with van der Waals surface area (Å²) in [4.78, 5) is 25.3. The molecule has 0 aromatic heterocycles. The summed E-state index contributed by atoms with van der Waals surface area (Å²) in [7, 11) is 1.33. The van der Waals surface area contributed by atoms with Crippen molar-refractivity contribution in [2.45, 2.75) is 38.3 Å². The van der Waals surface area contributed by atoms with Crippen LogP contribution >= 0.6 is 11.6 Å². The first-order chi connectivity index (χ1) is 11.1. The van der Waals surface area contributed by atoms with E-state index in [-0.39, 0.29) is 30.8 Å². The third kappa shape index (κ3) is 6.20. The van der Waals surface area contributed by atoms with Crippen LogP contribution in [0, 0.1) is 0 Å². The number of methoxy groups -OCH3 is 1. The molecule has 0 radical (unpaired) electrons. The molecule has 0 bridgehead atoms. The number of carbonyl (C=O) groups excluding carboxylic acids is 2. The van der Waals surface area contributed by atoms with Crippen molar-refractivity contribution in [3.05, 3.63) is 34.9 Å². The lowest BCUT2D eigenvalue weighted by Crippen LogP contribution is -2.47. The number of nitrogens with one attached hydrogen (secondary N) is 1. The first kappa shape index (κ1) is 17.8. The second-order valence-corrected chi connectivity index (χ2v) is 6.28. The normalized spacial score (nSPS) is 18.4. The van der Waals surface area contributed by atoms with Gasteiger partial charge in [-0.05, 0) is 37.1 Å². The van der Waals surface area contributed by atoms with Gasteiger partial charge in [-0.3, -0.25) is 14.5 Å². The number of amides is 1. The van der Waals surface area contributed by atoms with Crippen LogP contribution < -0.4 is 5.32 Å². The minimum absolute atomic E-state index is 0.0891. The number of ether oxygens (including phenoxy) is 1. The number of likely N-dealkylation sites (tertiary alicyclic amines) is 1. The summed E-state index contributed by atoms with van der Waals surface area (Å²) >= 11 is 5.90. The summed E-state index contributed by atoms with van der Waals surface area (Å²) in [5.41, 5.74) is 1.21. The van der Waals surface area contributed by atoms with E-state index < -0.39 is 0 Å². The lowest BCUT2D eigenvalue weighted by molar-refractivity contribution is -0.142. The Labute approximate surface area is 141 Å². The molecule has 1 unspecified atom stereocenters. The number of esters is 1. The van der Waals surface area contributed by atoms with Gasteiger partial charge in [0.15, 0.2) is 0 Å². The third-order valence-corrected chi connectivity index (χ3v) is 4.23. The van der Waals surface area contributed by atoms with Crippen LogP contribution in [0.4, 0.5) is 0 Å². The zero-order valence-corrected chi connectivity index (χ0v) is 14.1. The van der Waals surface area contributed by atoms with Gasteiger partial charge in [0.2, 0.25) is 5.91 Å². The number of carbonyl (C=O) groups is 2. The van der Waals surface area contributed by atoms with Gasteiger partial charge in [-0.15, -0.1) is 0 Å². The van der Waals surface area contributed by atoms with E-state index in [1.54, 1.807) is 0 Å². The van der Waals surface area contributed by atoms with Crippen molar-refractivity contribution in [2.75, 3.05) is 20.2 Å². The maximum Gasteiger partial charge on any atom is 0.306 e. The number of nitrogens with zero attached hydrogens (tertiary/aromatic N) is 1. The highest BCUT2D eigenvalue weighted by Crippen LogP contribution is 2.16. The van der Waals surface area contributed by atoms with Crippen molar-refractivity contribution in [2.24, 2.45) is 0 Å². The van der Waals surface area contributed by atoms with Crippen molar-refractivity contribution in [1.82, 2.24) is 10.2 Å². The zero-order chi connectivity index (χ0) is 16.7. The Morgan fingerprint density at radius 2 is 2.04 bits per heavy atom. The van der Waals surface area contributed by atoms with E-state index in [1.165, 1.54) is 12.7 Å². The Balaban J connectivity index is 1.77. The summed E-state index contributed by atoms with van der Waals surface area (Å²) in [5.74, 6) is -0.443. The molecule has 1 aliphatic heterocycles. The minimum Gasteiger partial charge on any atom is -0.469 e. The fourth-order valence-corrected chi connectivity index (χ4v) is 2.91. The number of halogens is 1. The SMILES string of the molecule is COC(=O)CCC(=O)NC1CCCN(Cc2ccc(Cl)cc2)C1. The molecule has 1 amide bonds. The summed E-state index contributed by atoms with van der Waals surface area (Å²) in [6.45, 7) is 2.70.